The average molecular weight is 184 g/mol. The van der Waals surface area contributed by atoms with Crippen molar-refractivity contribution >= 4 is 5.69 Å². The summed E-state index contributed by atoms with van der Waals surface area (Å²) < 4.78 is 0. The minimum atomic E-state index is 0.148. The number of nitriles is 2. The van der Waals surface area contributed by atoms with Crippen LogP contribution in [0.4, 0.5) is 5.69 Å². The Morgan fingerprint density at radius 2 is 1.57 bits per heavy atom. The summed E-state index contributed by atoms with van der Waals surface area (Å²) in [7, 11) is 3.88. The summed E-state index contributed by atoms with van der Waals surface area (Å²) in [6.45, 7) is 0. The molecule has 0 aliphatic rings. The van der Waals surface area contributed by atoms with E-state index in [-0.39, 0.29) is 5.92 Å². The summed E-state index contributed by atoms with van der Waals surface area (Å²) in [5, 5.41) is 17.3. The molecule has 0 spiro atoms. The number of benzene rings is 1. The maximum absolute atomic E-state index is 8.64. The Hall–Kier alpha value is -2.00. The fourth-order valence-corrected chi connectivity index (χ4v) is 1.08. The first-order chi connectivity index (χ1) is 6.69. The lowest BCUT2D eigenvalue weighted by molar-refractivity contribution is 1.13. The number of nitrogens with zero attached hydrogens (tertiary/aromatic N) is 3. The van der Waals surface area contributed by atoms with Crippen LogP contribution in [0.25, 0.3) is 0 Å². The van der Waals surface area contributed by atoms with Crippen LogP contribution in [0.5, 0.6) is 0 Å². The maximum atomic E-state index is 8.64. The average Bonchev–Trinajstić information content (AvgIpc) is 2.20. The van der Waals surface area contributed by atoms with Crippen molar-refractivity contribution in [3.8, 4) is 12.1 Å². The molecule has 14 heavy (non-hydrogen) atoms. The summed E-state index contributed by atoms with van der Waals surface area (Å²) in [6.07, 6.45) is 0. The monoisotopic (exact) mass is 184 g/mol. The fraction of sp³-hybridized carbons (Fsp3) is 0.182. The SMILES string of the molecule is CN(C)c1ccc([C](C#N)C#N)cc1. The summed E-state index contributed by atoms with van der Waals surface area (Å²) in [6, 6.07) is 11.0. The first kappa shape index (κ1) is 10.1. The quantitative estimate of drug-likeness (QED) is 0.703. The molecule has 1 radical (unpaired) electrons. The highest BCUT2D eigenvalue weighted by Gasteiger charge is 2.09. The normalized spacial score (nSPS) is 9.21. The van der Waals surface area contributed by atoms with E-state index in [4.69, 9.17) is 10.5 Å². The molecular formula is C11H10N3. The third kappa shape index (κ3) is 2.02. The molecule has 0 aromatic heterocycles. The Bertz CT molecular complexity index is 364. The molecule has 0 atom stereocenters. The Kier molecular flexibility index (Phi) is 3.09. The van der Waals surface area contributed by atoms with Gasteiger partial charge < -0.3 is 4.90 Å². The third-order valence-electron chi connectivity index (χ3n) is 1.90. The van der Waals surface area contributed by atoms with Gasteiger partial charge in [-0.2, -0.15) is 10.5 Å². The van der Waals surface area contributed by atoms with Gasteiger partial charge in [0.25, 0.3) is 0 Å². The zero-order valence-electron chi connectivity index (χ0n) is 8.15. The molecule has 1 rings (SSSR count). The van der Waals surface area contributed by atoms with Crippen molar-refractivity contribution < 1.29 is 0 Å². The summed E-state index contributed by atoms with van der Waals surface area (Å²) in [5.41, 5.74) is 1.71. The molecule has 0 aliphatic carbocycles. The summed E-state index contributed by atoms with van der Waals surface area (Å²) in [5.74, 6) is 0.148. The van der Waals surface area contributed by atoms with Gasteiger partial charge in [-0.25, -0.2) is 0 Å². The second kappa shape index (κ2) is 4.30. The van der Waals surface area contributed by atoms with Crippen molar-refractivity contribution in [2.24, 2.45) is 0 Å². The van der Waals surface area contributed by atoms with Crippen molar-refractivity contribution in [2.75, 3.05) is 19.0 Å². The van der Waals surface area contributed by atoms with Gasteiger partial charge in [0.1, 0.15) is 0 Å². The molecule has 1 aromatic rings. The van der Waals surface area contributed by atoms with Gasteiger partial charge in [0.15, 0.2) is 0 Å². The summed E-state index contributed by atoms with van der Waals surface area (Å²) >= 11 is 0. The minimum absolute atomic E-state index is 0.148. The van der Waals surface area contributed by atoms with Gasteiger partial charge in [-0.3, -0.25) is 0 Å². The second-order valence-electron chi connectivity index (χ2n) is 3.04. The lowest BCUT2D eigenvalue weighted by atomic mass is 10.0. The maximum Gasteiger partial charge on any atom is 0.204 e. The molecule has 0 amide bonds. The van der Waals surface area contributed by atoms with Crippen molar-refractivity contribution in [3.05, 3.63) is 35.7 Å². The largest absolute Gasteiger partial charge is 0.378 e. The Morgan fingerprint density at radius 1 is 1.07 bits per heavy atom. The van der Waals surface area contributed by atoms with E-state index in [1.165, 1.54) is 0 Å². The van der Waals surface area contributed by atoms with Gasteiger partial charge in [0, 0.05) is 19.8 Å². The van der Waals surface area contributed by atoms with Crippen LogP contribution in [0.2, 0.25) is 0 Å². The Morgan fingerprint density at radius 3 is 1.93 bits per heavy atom. The predicted octanol–water partition coefficient (Wildman–Crippen LogP) is 1.72. The van der Waals surface area contributed by atoms with Gasteiger partial charge in [0.2, 0.25) is 5.92 Å². The van der Waals surface area contributed by atoms with Gasteiger partial charge in [-0.1, -0.05) is 12.1 Å². The Balaban J connectivity index is 2.96. The smallest absolute Gasteiger partial charge is 0.204 e. The van der Waals surface area contributed by atoms with Gasteiger partial charge in [-0.05, 0) is 17.7 Å². The Labute approximate surface area is 83.8 Å². The van der Waals surface area contributed by atoms with Crippen LogP contribution in [0.1, 0.15) is 5.56 Å². The van der Waals surface area contributed by atoms with Crippen LogP contribution in [0.3, 0.4) is 0 Å². The van der Waals surface area contributed by atoms with Gasteiger partial charge in [-0.15, -0.1) is 0 Å². The van der Waals surface area contributed by atoms with Crippen LogP contribution in [0.15, 0.2) is 24.3 Å². The van der Waals surface area contributed by atoms with Crippen LogP contribution in [-0.4, -0.2) is 14.1 Å². The molecule has 3 heteroatoms. The molecule has 0 N–H and O–H groups in total. The number of rotatable bonds is 2. The second-order valence-corrected chi connectivity index (χ2v) is 3.04. The highest BCUT2D eigenvalue weighted by atomic mass is 15.1. The lowest BCUT2D eigenvalue weighted by Crippen LogP contribution is -2.08. The van der Waals surface area contributed by atoms with E-state index in [1.807, 2.05) is 43.3 Å². The molecule has 0 saturated carbocycles. The van der Waals surface area contributed by atoms with Crippen LogP contribution in [-0.2, 0) is 0 Å². The highest BCUT2D eigenvalue weighted by molar-refractivity contribution is 5.53. The predicted molar refractivity (Wildman–Crippen MR) is 54.3 cm³/mol. The number of hydrogen-bond acceptors (Lipinski definition) is 3. The third-order valence-corrected chi connectivity index (χ3v) is 1.90. The van der Waals surface area contributed by atoms with E-state index in [1.54, 1.807) is 12.1 Å². The van der Waals surface area contributed by atoms with Gasteiger partial charge >= 0.3 is 0 Å². The summed E-state index contributed by atoms with van der Waals surface area (Å²) in [4.78, 5) is 1.96. The van der Waals surface area contributed by atoms with E-state index in [0.29, 0.717) is 5.56 Å². The molecule has 0 bridgehead atoms. The highest BCUT2D eigenvalue weighted by Crippen LogP contribution is 2.17. The van der Waals surface area contributed by atoms with E-state index < -0.39 is 0 Å². The van der Waals surface area contributed by atoms with Crippen molar-refractivity contribution in [1.82, 2.24) is 0 Å². The number of hydrogen-bond donors (Lipinski definition) is 0. The first-order valence-corrected chi connectivity index (χ1v) is 4.14. The lowest BCUT2D eigenvalue weighted by Gasteiger charge is -2.12. The molecule has 1 aromatic carbocycles. The molecule has 3 nitrogen and oxygen atoms in total. The van der Waals surface area contributed by atoms with Crippen LogP contribution < -0.4 is 4.90 Å². The fourth-order valence-electron chi connectivity index (χ4n) is 1.08. The van der Waals surface area contributed by atoms with Crippen molar-refractivity contribution in [3.63, 3.8) is 0 Å². The van der Waals surface area contributed by atoms with Gasteiger partial charge in [0.05, 0.1) is 12.1 Å². The van der Waals surface area contributed by atoms with E-state index in [0.717, 1.165) is 5.69 Å². The van der Waals surface area contributed by atoms with Crippen LogP contribution >= 0.6 is 0 Å². The van der Waals surface area contributed by atoms with Crippen molar-refractivity contribution in [1.29, 1.82) is 10.5 Å². The van der Waals surface area contributed by atoms with E-state index in [2.05, 4.69) is 0 Å². The first-order valence-electron chi connectivity index (χ1n) is 4.14. The number of anilines is 1. The standard InChI is InChI=1S/C11H10N3/c1-14(2)11-5-3-9(4-6-11)10(7-12)8-13/h3-6H,1-2H3. The van der Waals surface area contributed by atoms with E-state index in [9.17, 15) is 0 Å². The molecule has 0 saturated heterocycles. The minimum Gasteiger partial charge on any atom is -0.378 e. The molecular weight excluding hydrogens is 174 g/mol. The topological polar surface area (TPSA) is 50.8 Å². The van der Waals surface area contributed by atoms with E-state index >= 15 is 0 Å². The molecule has 69 valence electrons. The molecule has 0 fully saturated rings. The zero-order valence-corrected chi connectivity index (χ0v) is 8.15. The zero-order chi connectivity index (χ0) is 10.6. The molecule has 0 aliphatic heterocycles. The molecule has 0 heterocycles. The molecule has 0 unspecified atom stereocenters. The van der Waals surface area contributed by atoms with Crippen LogP contribution in [0, 0.1) is 28.6 Å². The van der Waals surface area contributed by atoms with Crippen molar-refractivity contribution in [2.45, 2.75) is 0 Å².